The third kappa shape index (κ3) is 4.29. The fourth-order valence-electron chi connectivity index (χ4n) is 3.82. The Labute approximate surface area is 180 Å². The van der Waals surface area contributed by atoms with Gasteiger partial charge in [0.1, 0.15) is 12.1 Å². The molecule has 2 aromatic heterocycles. The molecule has 3 aromatic rings. The molecule has 7 nitrogen and oxygen atoms in total. The average Bonchev–Trinajstić information content (AvgIpc) is 3.50. The Kier molecular flexibility index (Phi) is 6.24. The van der Waals surface area contributed by atoms with E-state index in [9.17, 15) is 4.79 Å². The van der Waals surface area contributed by atoms with Crippen LogP contribution in [0.25, 0.3) is 5.69 Å². The summed E-state index contributed by atoms with van der Waals surface area (Å²) in [6.07, 6.45) is 4.08. The maximum absolute atomic E-state index is 13.0. The summed E-state index contributed by atoms with van der Waals surface area (Å²) in [6.45, 7) is 5.70. The Hall–Kier alpha value is -2.58. The maximum atomic E-state index is 13.0. The fourth-order valence-corrected chi connectivity index (χ4v) is 4.64. The number of Topliss-reactive ketones (excluding diaryl/α,β-unsaturated/α-hetero) is 1. The van der Waals surface area contributed by atoms with E-state index in [4.69, 9.17) is 9.47 Å². The van der Waals surface area contributed by atoms with Crippen LogP contribution in [0.1, 0.15) is 34.6 Å². The number of aromatic nitrogens is 4. The van der Waals surface area contributed by atoms with Crippen molar-refractivity contribution in [3.63, 3.8) is 0 Å². The quantitative estimate of drug-likeness (QED) is 0.403. The molecule has 4 rings (SSSR count). The highest BCUT2D eigenvalue weighted by molar-refractivity contribution is 7.99. The first-order chi connectivity index (χ1) is 14.6. The topological polar surface area (TPSA) is 71.2 Å². The predicted molar refractivity (Wildman–Crippen MR) is 116 cm³/mol. The second kappa shape index (κ2) is 9.06. The number of hydrogen-bond donors (Lipinski definition) is 0. The number of hydrogen-bond acceptors (Lipinski definition) is 6. The summed E-state index contributed by atoms with van der Waals surface area (Å²) < 4.78 is 15.1. The predicted octanol–water partition coefficient (Wildman–Crippen LogP) is 3.85. The van der Waals surface area contributed by atoms with Gasteiger partial charge in [0, 0.05) is 36.2 Å². The zero-order valence-corrected chi connectivity index (χ0v) is 18.3. The molecule has 158 valence electrons. The van der Waals surface area contributed by atoms with E-state index in [0.717, 1.165) is 54.4 Å². The van der Waals surface area contributed by atoms with Gasteiger partial charge in [0.15, 0.2) is 10.9 Å². The van der Waals surface area contributed by atoms with Crippen molar-refractivity contribution in [1.29, 1.82) is 0 Å². The minimum Gasteiger partial charge on any atom is -0.497 e. The number of nitrogens with zero attached hydrogens (tertiary/aromatic N) is 4. The van der Waals surface area contributed by atoms with Crippen LogP contribution in [-0.4, -0.2) is 50.7 Å². The lowest BCUT2D eigenvalue weighted by molar-refractivity contribution is 0.0957. The van der Waals surface area contributed by atoms with Crippen molar-refractivity contribution in [2.75, 3.05) is 19.5 Å². The Bertz CT molecular complexity index is 1040. The highest BCUT2D eigenvalue weighted by Gasteiger charge is 2.21. The van der Waals surface area contributed by atoms with Crippen LogP contribution in [0.2, 0.25) is 0 Å². The molecule has 0 saturated carbocycles. The lowest BCUT2D eigenvalue weighted by atomic mass is 10.2. The number of carbonyl (C=O) groups is 1. The molecule has 0 spiro atoms. The summed E-state index contributed by atoms with van der Waals surface area (Å²) in [5.41, 5.74) is 3.76. The fraction of sp³-hybridized carbons (Fsp3) is 0.409. The van der Waals surface area contributed by atoms with Crippen LogP contribution in [0.15, 0.2) is 41.8 Å². The first kappa shape index (κ1) is 20.7. The van der Waals surface area contributed by atoms with E-state index in [1.807, 2.05) is 48.7 Å². The Morgan fingerprint density at radius 3 is 2.97 bits per heavy atom. The zero-order valence-electron chi connectivity index (χ0n) is 17.5. The Morgan fingerprint density at radius 1 is 1.33 bits per heavy atom. The summed E-state index contributed by atoms with van der Waals surface area (Å²) in [5.74, 6) is 1.14. The largest absolute Gasteiger partial charge is 0.497 e. The van der Waals surface area contributed by atoms with Gasteiger partial charge >= 0.3 is 0 Å². The molecule has 1 aromatic carbocycles. The van der Waals surface area contributed by atoms with E-state index in [1.54, 1.807) is 13.4 Å². The first-order valence-electron chi connectivity index (χ1n) is 10.1. The van der Waals surface area contributed by atoms with Gasteiger partial charge in [-0.25, -0.2) is 0 Å². The molecule has 0 aliphatic carbocycles. The summed E-state index contributed by atoms with van der Waals surface area (Å²) >= 11 is 1.39. The van der Waals surface area contributed by atoms with Gasteiger partial charge < -0.3 is 14.0 Å². The Morgan fingerprint density at radius 2 is 2.20 bits per heavy atom. The van der Waals surface area contributed by atoms with Gasteiger partial charge in [0.25, 0.3) is 0 Å². The number of rotatable bonds is 8. The lowest BCUT2D eigenvalue weighted by Gasteiger charge is -2.14. The molecule has 0 N–H and O–H groups in total. The smallest absolute Gasteiger partial charge is 0.196 e. The molecule has 1 fully saturated rings. The average molecular weight is 427 g/mol. The van der Waals surface area contributed by atoms with Gasteiger partial charge in [0.2, 0.25) is 0 Å². The van der Waals surface area contributed by atoms with E-state index < -0.39 is 0 Å². The van der Waals surface area contributed by atoms with Crippen molar-refractivity contribution in [2.45, 2.75) is 44.5 Å². The second-order valence-electron chi connectivity index (χ2n) is 7.43. The maximum Gasteiger partial charge on any atom is 0.196 e. The molecule has 0 radical (unpaired) electrons. The van der Waals surface area contributed by atoms with Crippen molar-refractivity contribution >= 4 is 17.5 Å². The van der Waals surface area contributed by atoms with Crippen molar-refractivity contribution in [2.24, 2.45) is 0 Å². The summed E-state index contributed by atoms with van der Waals surface area (Å²) in [6, 6.07) is 9.65. The molecule has 1 aliphatic rings. The third-order valence-electron chi connectivity index (χ3n) is 5.46. The van der Waals surface area contributed by atoms with Gasteiger partial charge in [-0.05, 0) is 44.9 Å². The monoisotopic (exact) mass is 426 g/mol. The molecule has 30 heavy (non-hydrogen) atoms. The molecule has 0 bridgehead atoms. The van der Waals surface area contributed by atoms with Crippen molar-refractivity contribution in [1.82, 2.24) is 19.3 Å². The summed E-state index contributed by atoms with van der Waals surface area (Å²) in [4.78, 5) is 13.0. The molecule has 8 heteroatoms. The second-order valence-corrected chi connectivity index (χ2v) is 8.37. The van der Waals surface area contributed by atoms with E-state index in [-0.39, 0.29) is 11.9 Å². The Balaban J connectivity index is 1.46. The number of benzene rings is 1. The highest BCUT2D eigenvalue weighted by atomic mass is 32.2. The normalized spacial score (nSPS) is 16.2. The van der Waals surface area contributed by atoms with Crippen molar-refractivity contribution in [3.8, 4) is 11.4 Å². The van der Waals surface area contributed by atoms with E-state index in [1.165, 1.54) is 11.8 Å². The summed E-state index contributed by atoms with van der Waals surface area (Å²) in [7, 11) is 1.63. The molecule has 1 atom stereocenters. The standard InChI is InChI=1S/C22H26N4O3S/c1-15-10-20(16(2)25(15)12-19-8-5-9-29-19)21(27)13-30-22-24-23-14-26(22)17-6-4-7-18(11-17)28-3/h4,6-7,10-11,14,19H,5,8-9,12-13H2,1-3H3/t19-/m0/s1. The number of aryl methyl sites for hydroxylation is 1. The first-order valence-corrected chi connectivity index (χ1v) is 11.0. The number of ketones is 1. The molecular weight excluding hydrogens is 400 g/mol. The number of methoxy groups -OCH3 is 1. The van der Waals surface area contributed by atoms with Gasteiger partial charge in [-0.3, -0.25) is 9.36 Å². The van der Waals surface area contributed by atoms with Gasteiger partial charge in [-0.1, -0.05) is 17.8 Å². The zero-order chi connectivity index (χ0) is 21.1. The van der Waals surface area contributed by atoms with Crippen LogP contribution in [-0.2, 0) is 11.3 Å². The third-order valence-corrected chi connectivity index (χ3v) is 6.41. The van der Waals surface area contributed by atoms with Crippen molar-refractivity contribution in [3.05, 3.63) is 53.6 Å². The van der Waals surface area contributed by atoms with Gasteiger partial charge in [0.05, 0.1) is 24.7 Å². The minimum atomic E-state index is 0.0897. The highest BCUT2D eigenvalue weighted by Crippen LogP contribution is 2.25. The molecule has 1 saturated heterocycles. The lowest BCUT2D eigenvalue weighted by Crippen LogP contribution is -2.17. The minimum absolute atomic E-state index is 0.0897. The van der Waals surface area contributed by atoms with Crippen molar-refractivity contribution < 1.29 is 14.3 Å². The van der Waals surface area contributed by atoms with Crippen LogP contribution < -0.4 is 4.74 Å². The number of thioether (sulfide) groups is 1. The van der Waals surface area contributed by atoms with Gasteiger partial charge in [-0.2, -0.15) is 0 Å². The van der Waals surface area contributed by atoms with E-state index >= 15 is 0 Å². The summed E-state index contributed by atoms with van der Waals surface area (Å²) in [5, 5.41) is 8.88. The van der Waals surface area contributed by atoms with Crippen LogP contribution in [0.3, 0.4) is 0 Å². The number of carbonyl (C=O) groups excluding carboxylic acids is 1. The molecule has 0 amide bonds. The van der Waals surface area contributed by atoms with E-state index in [0.29, 0.717) is 10.9 Å². The van der Waals surface area contributed by atoms with Crippen LogP contribution in [0.5, 0.6) is 5.75 Å². The molecule has 1 aliphatic heterocycles. The molecular formula is C22H26N4O3S. The van der Waals surface area contributed by atoms with Crippen LogP contribution in [0.4, 0.5) is 0 Å². The van der Waals surface area contributed by atoms with Crippen LogP contribution in [0, 0.1) is 13.8 Å². The molecule has 3 heterocycles. The van der Waals surface area contributed by atoms with Crippen LogP contribution >= 0.6 is 11.8 Å². The van der Waals surface area contributed by atoms with Gasteiger partial charge in [-0.15, -0.1) is 10.2 Å². The number of ether oxygens (including phenoxy) is 2. The van der Waals surface area contributed by atoms with E-state index in [2.05, 4.69) is 14.8 Å². The SMILES string of the molecule is COc1cccc(-n2cnnc2SCC(=O)c2cc(C)n(C[C@@H]3CCCO3)c2C)c1. The molecule has 0 unspecified atom stereocenters.